The molecule has 17 heavy (non-hydrogen) atoms. The Morgan fingerprint density at radius 3 is 1.35 bits per heavy atom. The average Bonchev–Trinajstić information content (AvgIpc) is 2.37. The molecule has 0 saturated heterocycles. The van der Waals surface area contributed by atoms with Gasteiger partial charge in [-0.15, -0.1) is 0 Å². The summed E-state index contributed by atoms with van der Waals surface area (Å²) in [5, 5.41) is 0. The largest absolute Gasteiger partial charge is 0.303 e. The summed E-state index contributed by atoms with van der Waals surface area (Å²) in [6.45, 7) is 15.6. The van der Waals surface area contributed by atoms with Crippen LogP contribution >= 0.6 is 24.1 Å². The van der Waals surface area contributed by atoms with Crippen molar-refractivity contribution in [3.05, 3.63) is 0 Å². The number of hydrogen-bond donors (Lipinski definition) is 0. The highest BCUT2D eigenvalue weighted by Gasteiger charge is 2.01. The van der Waals surface area contributed by atoms with Gasteiger partial charge in [0.2, 0.25) is 0 Å². The lowest BCUT2D eigenvalue weighted by Crippen LogP contribution is -2.25. The summed E-state index contributed by atoms with van der Waals surface area (Å²) in [7, 11) is 0. The van der Waals surface area contributed by atoms with Crippen molar-refractivity contribution >= 4 is 24.1 Å². The lowest BCUT2D eigenvalue weighted by molar-refractivity contribution is 0.322. The van der Waals surface area contributed by atoms with Gasteiger partial charge in [0.15, 0.2) is 0 Å². The van der Waals surface area contributed by atoms with Crippen LogP contribution in [0.1, 0.15) is 27.7 Å². The zero-order valence-electron chi connectivity index (χ0n) is 11.8. The second kappa shape index (κ2) is 13.0. The molecule has 0 bridgehead atoms. The highest BCUT2D eigenvalue weighted by Crippen LogP contribution is 2.14. The first-order valence-electron chi connectivity index (χ1n) is 6.64. The second-order valence-electron chi connectivity index (χ2n) is 3.77. The molecule has 0 N–H and O–H groups in total. The van der Waals surface area contributed by atoms with E-state index in [-0.39, 0.29) is 0 Å². The third-order valence-electron chi connectivity index (χ3n) is 2.87. The maximum absolute atomic E-state index is 5.49. The van der Waals surface area contributed by atoms with E-state index in [0.717, 1.165) is 50.8 Å². The molecule has 0 aliphatic carbocycles. The van der Waals surface area contributed by atoms with Gasteiger partial charge in [0, 0.05) is 48.7 Å². The van der Waals surface area contributed by atoms with Crippen molar-refractivity contribution in [2.45, 2.75) is 27.7 Å². The molecular weight excluding hydrogens is 252 g/mol. The minimum absolute atomic E-state index is 1.06. The number of nitrogens with zero attached hydrogens (tertiary/aromatic N) is 2. The van der Waals surface area contributed by atoms with E-state index in [9.17, 15) is 0 Å². The molecule has 5 heteroatoms. The summed E-state index contributed by atoms with van der Waals surface area (Å²) in [4.78, 5) is 4.83. The maximum Gasteiger partial charge on any atom is 0.0338 e. The molecule has 0 spiro atoms. The van der Waals surface area contributed by atoms with E-state index in [1.165, 1.54) is 0 Å². The predicted molar refractivity (Wildman–Crippen MR) is 81.6 cm³/mol. The highest BCUT2D eigenvalue weighted by molar-refractivity contribution is 8.07. The smallest absolute Gasteiger partial charge is 0.0338 e. The van der Waals surface area contributed by atoms with Crippen LogP contribution in [0.3, 0.4) is 0 Å². The Hall–Kier alpha value is 0.580. The van der Waals surface area contributed by atoms with E-state index >= 15 is 0 Å². The fraction of sp³-hybridized carbons (Fsp3) is 1.00. The molecule has 0 rings (SSSR count). The van der Waals surface area contributed by atoms with E-state index in [1.54, 1.807) is 24.1 Å². The zero-order valence-corrected chi connectivity index (χ0v) is 13.4. The van der Waals surface area contributed by atoms with Crippen molar-refractivity contribution in [2.24, 2.45) is 0 Å². The van der Waals surface area contributed by atoms with Crippen LogP contribution in [0.4, 0.5) is 0 Å². The van der Waals surface area contributed by atoms with Crippen molar-refractivity contribution in [3.8, 4) is 0 Å². The molecule has 3 nitrogen and oxygen atoms in total. The molecule has 0 saturated carbocycles. The normalized spacial score (nSPS) is 11.6. The minimum atomic E-state index is 1.06. The van der Waals surface area contributed by atoms with Gasteiger partial charge in [-0.05, 0) is 26.2 Å². The summed E-state index contributed by atoms with van der Waals surface area (Å²) < 4.78 is 5.49. The van der Waals surface area contributed by atoms with Crippen LogP contribution < -0.4 is 0 Å². The van der Waals surface area contributed by atoms with Crippen LogP contribution in [0.2, 0.25) is 0 Å². The van der Waals surface area contributed by atoms with E-state index in [0.29, 0.717) is 0 Å². The Morgan fingerprint density at radius 2 is 1.06 bits per heavy atom. The first-order valence-corrected chi connectivity index (χ1v) is 8.46. The quantitative estimate of drug-likeness (QED) is 0.402. The lowest BCUT2D eigenvalue weighted by atomic mass is 10.5. The van der Waals surface area contributed by atoms with Crippen LogP contribution in [0, 0.1) is 0 Å². The van der Waals surface area contributed by atoms with Gasteiger partial charge in [-0.3, -0.25) is 0 Å². The Bertz CT molecular complexity index is 137. The van der Waals surface area contributed by atoms with E-state index < -0.39 is 0 Å². The first-order chi connectivity index (χ1) is 8.28. The number of rotatable bonds is 12. The van der Waals surface area contributed by atoms with E-state index in [2.05, 4.69) is 37.5 Å². The monoisotopic (exact) mass is 280 g/mol. The molecule has 0 atom stereocenters. The minimum Gasteiger partial charge on any atom is -0.303 e. The molecule has 0 aliphatic rings. The van der Waals surface area contributed by atoms with Gasteiger partial charge in [-0.1, -0.05) is 27.7 Å². The van der Waals surface area contributed by atoms with E-state index in [1.807, 2.05) is 0 Å². The van der Waals surface area contributed by atoms with Crippen LogP contribution in [0.25, 0.3) is 0 Å². The summed E-state index contributed by atoms with van der Waals surface area (Å²) >= 11 is 3.16. The van der Waals surface area contributed by atoms with Gasteiger partial charge in [-0.2, -0.15) is 0 Å². The molecular formula is C12H28N2OS2. The van der Waals surface area contributed by atoms with Gasteiger partial charge in [0.1, 0.15) is 0 Å². The second-order valence-corrected chi connectivity index (χ2v) is 5.60. The molecule has 0 aliphatic heterocycles. The van der Waals surface area contributed by atoms with E-state index in [4.69, 9.17) is 3.63 Å². The Balaban J connectivity index is 3.23. The average molecular weight is 281 g/mol. The van der Waals surface area contributed by atoms with Crippen molar-refractivity contribution in [3.63, 3.8) is 0 Å². The summed E-state index contributed by atoms with van der Waals surface area (Å²) in [6, 6.07) is 0. The fourth-order valence-electron chi connectivity index (χ4n) is 1.51. The molecule has 0 aromatic rings. The van der Waals surface area contributed by atoms with Gasteiger partial charge < -0.3 is 9.80 Å². The molecule has 0 radical (unpaired) electrons. The van der Waals surface area contributed by atoms with Gasteiger partial charge in [-0.25, -0.2) is 3.63 Å². The molecule has 0 aromatic carbocycles. The standard InChI is InChI=1S/C12H28N2OS2/c1-5-13(6-2)9-11-16-15-17-12-10-14(7-3)8-4/h5-12H2,1-4H3. The summed E-state index contributed by atoms with van der Waals surface area (Å²) in [5.74, 6) is 2.11. The summed E-state index contributed by atoms with van der Waals surface area (Å²) in [5.41, 5.74) is 0. The van der Waals surface area contributed by atoms with Gasteiger partial charge in [0.05, 0.1) is 0 Å². The van der Waals surface area contributed by atoms with Crippen LogP contribution in [-0.4, -0.2) is 60.6 Å². The predicted octanol–water partition coefficient (Wildman–Crippen LogP) is 2.98. The van der Waals surface area contributed by atoms with Crippen LogP contribution in [-0.2, 0) is 3.63 Å². The topological polar surface area (TPSA) is 15.7 Å². The van der Waals surface area contributed by atoms with Crippen LogP contribution in [0.15, 0.2) is 0 Å². The SMILES string of the molecule is CCN(CC)CCSOSCCN(CC)CC. The molecule has 0 amide bonds. The van der Waals surface area contributed by atoms with Crippen molar-refractivity contribution < 1.29 is 3.63 Å². The van der Waals surface area contributed by atoms with Crippen LogP contribution in [0.5, 0.6) is 0 Å². The summed E-state index contributed by atoms with van der Waals surface area (Å²) in [6.07, 6.45) is 0. The third kappa shape index (κ3) is 10.2. The first kappa shape index (κ1) is 17.6. The van der Waals surface area contributed by atoms with Crippen molar-refractivity contribution in [1.29, 1.82) is 0 Å². The maximum atomic E-state index is 5.49. The fourth-order valence-corrected chi connectivity index (χ4v) is 3.00. The lowest BCUT2D eigenvalue weighted by Gasteiger charge is -2.17. The zero-order chi connectivity index (χ0) is 12.9. The van der Waals surface area contributed by atoms with Gasteiger partial charge in [0.25, 0.3) is 0 Å². The highest BCUT2D eigenvalue weighted by atomic mass is 32.2. The third-order valence-corrected chi connectivity index (χ3v) is 4.34. The van der Waals surface area contributed by atoms with Gasteiger partial charge >= 0.3 is 0 Å². The Labute approximate surface area is 116 Å². The van der Waals surface area contributed by atoms with Crippen molar-refractivity contribution in [2.75, 3.05) is 50.8 Å². The Kier molecular flexibility index (Phi) is 13.5. The van der Waals surface area contributed by atoms with Crippen molar-refractivity contribution in [1.82, 2.24) is 9.80 Å². The number of hydrogen-bond acceptors (Lipinski definition) is 5. The molecule has 0 aromatic heterocycles. The molecule has 0 heterocycles. The molecule has 0 unspecified atom stereocenters. The Morgan fingerprint density at radius 1 is 0.706 bits per heavy atom. The molecule has 0 fully saturated rings. The molecule has 104 valence electrons.